The highest BCUT2D eigenvalue weighted by atomic mass is 16.7. The monoisotopic (exact) mass is 692 g/mol. The van der Waals surface area contributed by atoms with Crippen LogP contribution in [0.15, 0.2) is 0 Å². The fourth-order valence-electron chi connectivity index (χ4n) is 5.03. The molecule has 0 heterocycles. The van der Waals surface area contributed by atoms with Crippen molar-refractivity contribution >= 4 is 5.97 Å². The summed E-state index contributed by atoms with van der Waals surface area (Å²) in [5.74, 6) is -0.141. The Morgan fingerprint density at radius 2 is 0.979 bits per heavy atom. The van der Waals surface area contributed by atoms with Gasteiger partial charge < -0.3 is 43.5 Å². The molecule has 0 aliphatic rings. The lowest BCUT2D eigenvalue weighted by Crippen LogP contribution is -2.29. The maximum Gasteiger partial charge on any atom is 0.305 e. The van der Waals surface area contributed by atoms with Crippen molar-refractivity contribution in [2.45, 2.75) is 175 Å². The first-order valence-electron chi connectivity index (χ1n) is 19.7. The molecule has 0 bridgehead atoms. The molecule has 0 saturated carbocycles. The normalized spacial score (nSPS) is 12.5. The number of carbonyl (C=O) groups is 1. The van der Waals surface area contributed by atoms with Gasteiger partial charge in [0.15, 0.2) is 18.9 Å². The van der Waals surface area contributed by atoms with Gasteiger partial charge >= 0.3 is 5.97 Å². The van der Waals surface area contributed by atoms with Gasteiger partial charge in [0.05, 0.1) is 19.8 Å². The Bertz CT molecular complexity index is 638. The predicted molar refractivity (Wildman–Crippen MR) is 193 cm³/mol. The summed E-state index contributed by atoms with van der Waals surface area (Å²) in [6.07, 6.45) is 17.4. The van der Waals surface area contributed by atoms with Gasteiger partial charge in [0, 0.05) is 52.2 Å². The third-order valence-corrected chi connectivity index (χ3v) is 8.18. The number of esters is 1. The van der Waals surface area contributed by atoms with E-state index in [1.54, 1.807) is 0 Å². The molecule has 0 rings (SSSR count). The standard InChI is InChI=1S/C38H77NO9/c1-5-9-29-45-37(46-30-10-6-2)23-33-43-35(41)21-17-14-13-15-19-25-39(27-28-40)26-20-16-18-22-36(42)44-34-24-38(47-31-11-7-3)48-32-12-8-4/h36-38,40,42H,5-34H2,1-4H3. The fourth-order valence-corrected chi connectivity index (χ4v) is 5.03. The van der Waals surface area contributed by atoms with Crippen molar-refractivity contribution in [3.05, 3.63) is 0 Å². The van der Waals surface area contributed by atoms with E-state index in [0.29, 0.717) is 71.9 Å². The number of carbonyl (C=O) groups excluding carboxylic acids is 1. The van der Waals surface area contributed by atoms with Crippen molar-refractivity contribution < 1.29 is 43.4 Å². The number of hydrogen-bond donors (Lipinski definition) is 2. The van der Waals surface area contributed by atoms with Crippen LogP contribution in [0.4, 0.5) is 0 Å². The van der Waals surface area contributed by atoms with Crippen LogP contribution in [0.1, 0.15) is 156 Å². The number of aliphatic hydroxyl groups excluding tert-OH is 2. The van der Waals surface area contributed by atoms with Gasteiger partial charge in [-0.15, -0.1) is 0 Å². The Balaban J connectivity index is 3.95. The first-order chi connectivity index (χ1) is 23.5. The molecule has 1 unspecified atom stereocenters. The van der Waals surface area contributed by atoms with Gasteiger partial charge in [-0.25, -0.2) is 0 Å². The number of hydrogen-bond acceptors (Lipinski definition) is 10. The van der Waals surface area contributed by atoms with Crippen LogP contribution in [-0.2, 0) is 33.2 Å². The molecule has 0 spiro atoms. The molecule has 10 heteroatoms. The highest BCUT2D eigenvalue weighted by molar-refractivity contribution is 5.69. The van der Waals surface area contributed by atoms with E-state index in [0.717, 1.165) is 116 Å². The molecule has 0 aromatic rings. The van der Waals surface area contributed by atoms with E-state index in [-0.39, 0.29) is 25.2 Å². The van der Waals surface area contributed by atoms with Crippen molar-refractivity contribution in [2.75, 3.05) is 65.9 Å². The van der Waals surface area contributed by atoms with Crippen molar-refractivity contribution in [3.8, 4) is 0 Å². The third kappa shape index (κ3) is 32.4. The van der Waals surface area contributed by atoms with E-state index < -0.39 is 6.29 Å². The molecule has 2 N–H and O–H groups in total. The van der Waals surface area contributed by atoms with Crippen LogP contribution in [0.5, 0.6) is 0 Å². The Morgan fingerprint density at radius 3 is 1.48 bits per heavy atom. The fraction of sp³-hybridized carbons (Fsp3) is 0.974. The summed E-state index contributed by atoms with van der Waals surface area (Å²) in [4.78, 5) is 14.5. The summed E-state index contributed by atoms with van der Waals surface area (Å²) >= 11 is 0. The molecule has 288 valence electrons. The number of rotatable bonds is 39. The van der Waals surface area contributed by atoms with Crippen LogP contribution in [0.3, 0.4) is 0 Å². The van der Waals surface area contributed by atoms with Crippen molar-refractivity contribution in [1.82, 2.24) is 4.90 Å². The minimum Gasteiger partial charge on any atom is -0.465 e. The molecule has 0 aromatic carbocycles. The van der Waals surface area contributed by atoms with E-state index in [4.69, 9.17) is 28.4 Å². The number of nitrogens with zero attached hydrogens (tertiary/aromatic N) is 1. The molecule has 0 aromatic heterocycles. The first-order valence-corrected chi connectivity index (χ1v) is 19.7. The number of aliphatic hydroxyl groups is 2. The Kier molecular flexibility index (Phi) is 36.7. The van der Waals surface area contributed by atoms with E-state index in [1.807, 2.05) is 0 Å². The Labute approximate surface area is 294 Å². The summed E-state index contributed by atoms with van der Waals surface area (Å²) in [7, 11) is 0. The second kappa shape index (κ2) is 37.4. The van der Waals surface area contributed by atoms with Gasteiger partial charge in [-0.05, 0) is 70.9 Å². The molecule has 1 atom stereocenters. The lowest BCUT2D eigenvalue weighted by molar-refractivity contribution is -0.169. The van der Waals surface area contributed by atoms with Crippen LogP contribution in [-0.4, -0.2) is 106 Å². The summed E-state index contributed by atoms with van der Waals surface area (Å²) in [6, 6.07) is 0. The lowest BCUT2D eigenvalue weighted by atomic mass is 10.1. The van der Waals surface area contributed by atoms with E-state index in [1.165, 1.54) is 0 Å². The average molecular weight is 692 g/mol. The van der Waals surface area contributed by atoms with Crippen LogP contribution in [0.2, 0.25) is 0 Å². The molecule has 0 aliphatic carbocycles. The van der Waals surface area contributed by atoms with E-state index in [9.17, 15) is 15.0 Å². The van der Waals surface area contributed by atoms with Gasteiger partial charge in [-0.1, -0.05) is 79.1 Å². The molecule has 0 aliphatic heterocycles. The molecular formula is C38H77NO9. The van der Waals surface area contributed by atoms with Crippen molar-refractivity contribution in [2.24, 2.45) is 0 Å². The molecular weight excluding hydrogens is 614 g/mol. The summed E-state index contributed by atoms with van der Waals surface area (Å²) < 4.78 is 34.4. The number of unbranched alkanes of at least 4 members (excludes halogenated alkanes) is 10. The van der Waals surface area contributed by atoms with E-state index in [2.05, 4.69) is 32.6 Å². The summed E-state index contributed by atoms with van der Waals surface area (Å²) in [5.41, 5.74) is 0. The zero-order chi connectivity index (χ0) is 35.3. The van der Waals surface area contributed by atoms with Crippen LogP contribution in [0.25, 0.3) is 0 Å². The Morgan fingerprint density at radius 1 is 0.521 bits per heavy atom. The molecule has 48 heavy (non-hydrogen) atoms. The minimum atomic E-state index is -0.760. The highest BCUT2D eigenvalue weighted by Crippen LogP contribution is 2.12. The van der Waals surface area contributed by atoms with Gasteiger partial charge in [-0.2, -0.15) is 0 Å². The van der Waals surface area contributed by atoms with Gasteiger partial charge in [0.2, 0.25) is 0 Å². The van der Waals surface area contributed by atoms with Gasteiger partial charge in [-0.3, -0.25) is 4.79 Å². The number of ether oxygens (including phenoxy) is 6. The van der Waals surface area contributed by atoms with Crippen molar-refractivity contribution in [3.63, 3.8) is 0 Å². The van der Waals surface area contributed by atoms with Crippen LogP contribution in [0, 0.1) is 0 Å². The van der Waals surface area contributed by atoms with E-state index >= 15 is 0 Å². The quantitative estimate of drug-likeness (QED) is 0.0376. The smallest absolute Gasteiger partial charge is 0.305 e. The molecule has 0 fully saturated rings. The largest absolute Gasteiger partial charge is 0.465 e. The Hall–Kier alpha value is -0.850. The van der Waals surface area contributed by atoms with Crippen molar-refractivity contribution in [1.29, 1.82) is 0 Å². The molecule has 10 nitrogen and oxygen atoms in total. The average Bonchev–Trinajstić information content (AvgIpc) is 3.07. The molecule has 0 radical (unpaired) electrons. The van der Waals surface area contributed by atoms with Gasteiger partial charge in [0.25, 0.3) is 0 Å². The lowest BCUT2D eigenvalue weighted by Gasteiger charge is -2.21. The van der Waals surface area contributed by atoms with Gasteiger partial charge in [0.1, 0.15) is 0 Å². The van der Waals surface area contributed by atoms with Crippen LogP contribution >= 0.6 is 0 Å². The second-order valence-electron chi connectivity index (χ2n) is 12.8. The topological polar surface area (TPSA) is 116 Å². The summed E-state index contributed by atoms with van der Waals surface area (Å²) in [5, 5.41) is 19.8. The first kappa shape index (κ1) is 47.1. The zero-order valence-electron chi connectivity index (χ0n) is 31.6. The minimum absolute atomic E-state index is 0.141. The molecule has 0 saturated heterocycles. The SMILES string of the molecule is CCCCOC(CCOC(=O)CCCCCCCN(CCO)CCCCCC(O)OCCC(OCCCC)OCCCC)OCCCC. The highest BCUT2D eigenvalue weighted by Gasteiger charge is 2.13. The van der Waals surface area contributed by atoms with Crippen LogP contribution < -0.4 is 0 Å². The second-order valence-corrected chi connectivity index (χ2v) is 12.8. The maximum atomic E-state index is 12.2. The predicted octanol–water partition coefficient (Wildman–Crippen LogP) is 7.76. The summed E-state index contributed by atoms with van der Waals surface area (Å²) in [6.45, 7) is 14.8. The molecule has 0 amide bonds. The maximum absolute atomic E-state index is 12.2. The third-order valence-electron chi connectivity index (χ3n) is 8.18. The zero-order valence-corrected chi connectivity index (χ0v) is 31.6.